The van der Waals surface area contributed by atoms with E-state index in [0.717, 1.165) is 5.56 Å². The Hall–Kier alpha value is -2.22. The fourth-order valence-corrected chi connectivity index (χ4v) is 4.02. The third-order valence-electron chi connectivity index (χ3n) is 4.96. The van der Waals surface area contributed by atoms with Gasteiger partial charge in [0.1, 0.15) is 17.7 Å². The number of ether oxygens (including phenoxy) is 2. The van der Waals surface area contributed by atoms with E-state index in [2.05, 4.69) is 0 Å². The number of hydrogen-bond acceptors (Lipinski definition) is 6. The highest BCUT2D eigenvalue weighted by atomic mass is 32.2. The summed E-state index contributed by atoms with van der Waals surface area (Å²) >= 11 is 1.61. The molecule has 1 heterocycles. The summed E-state index contributed by atoms with van der Waals surface area (Å²) in [6.07, 6.45) is 2.33. The van der Waals surface area contributed by atoms with Crippen LogP contribution in [0.1, 0.15) is 39.7 Å². The van der Waals surface area contributed by atoms with Crippen LogP contribution in [0.5, 0.6) is 0 Å². The Morgan fingerprint density at radius 3 is 2.45 bits per heavy atom. The third kappa shape index (κ3) is 7.16. The van der Waals surface area contributed by atoms with Crippen LogP contribution >= 0.6 is 11.8 Å². The summed E-state index contributed by atoms with van der Waals surface area (Å²) in [7, 11) is 0. The highest BCUT2D eigenvalue weighted by molar-refractivity contribution is 7.98. The molecule has 0 radical (unpaired) electrons. The molecule has 0 unspecified atom stereocenters. The molecule has 1 saturated heterocycles. The van der Waals surface area contributed by atoms with Gasteiger partial charge < -0.3 is 14.4 Å². The van der Waals surface area contributed by atoms with Crippen molar-refractivity contribution in [1.82, 2.24) is 9.80 Å². The molecule has 0 aromatic heterocycles. The van der Waals surface area contributed by atoms with E-state index < -0.39 is 29.7 Å². The summed E-state index contributed by atoms with van der Waals surface area (Å²) < 4.78 is 10.8. The quantitative estimate of drug-likeness (QED) is 0.566. The maximum atomic E-state index is 13.5. The second kappa shape index (κ2) is 11.4. The molecule has 2 atom stereocenters. The van der Waals surface area contributed by atoms with Crippen molar-refractivity contribution >= 4 is 29.7 Å². The first-order valence-corrected chi connectivity index (χ1v) is 12.1. The van der Waals surface area contributed by atoms with Crippen LogP contribution < -0.4 is 0 Å². The van der Waals surface area contributed by atoms with Crippen LogP contribution in [0.4, 0.5) is 4.79 Å². The number of nitrogens with zero attached hydrogens (tertiary/aromatic N) is 2. The van der Waals surface area contributed by atoms with Gasteiger partial charge in [0, 0.05) is 19.5 Å². The van der Waals surface area contributed by atoms with Crippen molar-refractivity contribution in [2.45, 2.75) is 58.2 Å². The molecule has 7 nitrogen and oxygen atoms in total. The number of piperazine rings is 1. The second-order valence-corrected chi connectivity index (χ2v) is 9.45. The molecule has 1 aromatic carbocycles. The predicted octanol–water partition coefficient (Wildman–Crippen LogP) is 3.36. The summed E-state index contributed by atoms with van der Waals surface area (Å²) in [4.78, 5) is 42.2. The van der Waals surface area contributed by atoms with E-state index in [-0.39, 0.29) is 19.1 Å². The average molecular weight is 451 g/mol. The number of rotatable bonds is 8. The van der Waals surface area contributed by atoms with Crippen molar-refractivity contribution in [2.75, 3.05) is 31.7 Å². The highest BCUT2D eigenvalue weighted by Crippen LogP contribution is 2.23. The lowest BCUT2D eigenvalue weighted by atomic mass is 10.0. The summed E-state index contributed by atoms with van der Waals surface area (Å²) in [5, 5.41) is 0. The zero-order chi connectivity index (χ0) is 23.0. The molecule has 0 aliphatic carbocycles. The predicted molar refractivity (Wildman–Crippen MR) is 122 cm³/mol. The van der Waals surface area contributed by atoms with Crippen LogP contribution in [0.2, 0.25) is 0 Å². The molecule has 31 heavy (non-hydrogen) atoms. The second-order valence-electron chi connectivity index (χ2n) is 8.46. The lowest BCUT2D eigenvalue weighted by Gasteiger charge is -2.43. The molecular formula is C23H34N2O5S. The average Bonchev–Trinajstić information content (AvgIpc) is 2.71. The minimum atomic E-state index is -0.729. The minimum Gasteiger partial charge on any atom is -0.464 e. The van der Waals surface area contributed by atoms with Crippen molar-refractivity contribution in [1.29, 1.82) is 0 Å². The Morgan fingerprint density at radius 2 is 1.87 bits per heavy atom. The smallest absolute Gasteiger partial charge is 0.411 e. The Bertz CT molecular complexity index is 750. The van der Waals surface area contributed by atoms with E-state index in [1.165, 1.54) is 4.90 Å². The summed E-state index contributed by atoms with van der Waals surface area (Å²) in [5.41, 5.74) is 0.297. The van der Waals surface area contributed by atoms with Crippen molar-refractivity contribution in [3.8, 4) is 0 Å². The van der Waals surface area contributed by atoms with Gasteiger partial charge in [0.05, 0.1) is 6.61 Å². The largest absolute Gasteiger partial charge is 0.464 e. The zero-order valence-electron chi connectivity index (χ0n) is 19.1. The lowest BCUT2D eigenvalue weighted by molar-refractivity contribution is -0.159. The molecule has 8 heteroatoms. The van der Waals surface area contributed by atoms with Crippen LogP contribution in [-0.4, -0.2) is 77.2 Å². The summed E-state index contributed by atoms with van der Waals surface area (Å²) in [6, 6.07) is 8.18. The lowest BCUT2D eigenvalue weighted by Crippen LogP contribution is -2.63. The minimum absolute atomic E-state index is 0.236. The van der Waals surface area contributed by atoms with Crippen molar-refractivity contribution < 1.29 is 23.9 Å². The van der Waals surface area contributed by atoms with Gasteiger partial charge in [-0.25, -0.2) is 9.59 Å². The van der Waals surface area contributed by atoms with Crippen LogP contribution in [0.25, 0.3) is 0 Å². The van der Waals surface area contributed by atoms with E-state index in [1.807, 2.05) is 36.6 Å². The SMILES string of the molecule is CCOC(=O)[C@@H](Cc1ccccc1)N1CCN(C(=O)OC(C)(C)C)[C@H](CCSC)C1=O. The molecule has 1 aliphatic heterocycles. The molecule has 1 fully saturated rings. The van der Waals surface area contributed by atoms with Crippen LogP contribution in [0.3, 0.4) is 0 Å². The molecule has 2 rings (SSSR count). The van der Waals surface area contributed by atoms with E-state index in [0.29, 0.717) is 25.1 Å². The monoisotopic (exact) mass is 450 g/mol. The van der Waals surface area contributed by atoms with Gasteiger partial charge in [-0.05, 0) is 51.7 Å². The number of carbonyl (C=O) groups is 3. The summed E-state index contributed by atoms with van der Waals surface area (Å²) in [6.45, 7) is 7.96. The van der Waals surface area contributed by atoms with Crippen molar-refractivity contribution in [2.24, 2.45) is 0 Å². The molecule has 0 saturated carbocycles. The number of hydrogen-bond donors (Lipinski definition) is 0. The summed E-state index contributed by atoms with van der Waals surface area (Å²) in [5.74, 6) is 0.0564. The number of esters is 1. The van der Waals surface area contributed by atoms with Crippen LogP contribution in [0.15, 0.2) is 30.3 Å². The Labute approximate surface area is 189 Å². The molecule has 0 spiro atoms. The first-order valence-electron chi connectivity index (χ1n) is 10.7. The van der Waals surface area contributed by atoms with E-state index >= 15 is 0 Å². The molecule has 172 valence electrons. The van der Waals surface area contributed by atoms with Gasteiger partial charge in [0.25, 0.3) is 0 Å². The van der Waals surface area contributed by atoms with Crippen LogP contribution in [0, 0.1) is 0 Å². The van der Waals surface area contributed by atoms with Gasteiger partial charge in [-0.2, -0.15) is 11.8 Å². The van der Waals surface area contributed by atoms with Crippen molar-refractivity contribution in [3.05, 3.63) is 35.9 Å². The van der Waals surface area contributed by atoms with E-state index in [9.17, 15) is 14.4 Å². The van der Waals surface area contributed by atoms with Gasteiger partial charge in [0.15, 0.2) is 0 Å². The Balaban J connectivity index is 2.28. The molecule has 0 bridgehead atoms. The van der Waals surface area contributed by atoms with Gasteiger partial charge in [0.2, 0.25) is 5.91 Å². The molecule has 1 aliphatic rings. The van der Waals surface area contributed by atoms with E-state index in [4.69, 9.17) is 9.47 Å². The van der Waals surface area contributed by atoms with E-state index in [1.54, 1.807) is 44.4 Å². The molecular weight excluding hydrogens is 416 g/mol. The fraction of sp³-hybridized carbons (Fsp3) is 0.609. The third-order valence-corrected chi connectivity index (χ3v) is 5.60. The fourth-order valence-electron chi connectivity index (χ4n) is 3.56. The number of carbonyl (C=O) groups excluding carboxylic acids is 3. The maximum Gasteiger partial charge on any atom is 0.411 e. The number of thioether (sulfide) groups is 1. The maximum absolute atomic E-state index is 13.5. The molecule has 0 N–H and O–H groups in total. The molecule has 2 amide bonds. The normalized spacial score (nSPS) is 18.0. The van der Waals surface area contributed by atoms with Gasteiger partial charge in [-0.15, -0.1) is 0 Å². The number of benzene rings is 1. The first-order chi connectivity index (χ1) is 14.7. The van der Waals surface area contributed by atoms with Gasteiger partial charge in [-0.3, -0.25) is 9.69 Å². The van der Waals surface area contributed by atoms with Gasteiger partial charge >= 0.3 is 12.1 Å². The topological polar surface area (TPSA) is 76.2 Å². The highest BCUT2D eigenvalue weighted by Gasteiger charge is 2.43. The zero-order valence-corrected chi connectivity index (χ0v) is 19.9. The van der Waals surface area contributed by atoms with Crippen LogP contribution in [-0.2, 0) is 25.5 Å². The number of amides is 2. The Kier molecular flexibility index (Phi) is 9.22. The standard InChI is InChI=1S/C23H34N2O5S/c1-6-29-21(27)19(16-17-10-8-7-9-11-17)24-13-14-25(22(28)30-23(2,3)4)18(20(24)26)12-15-31-5/h7-11,18-19H,6,12-16H2,1-5H3/t18-,19-/m1/s1. The van der Waals surface area contributed by atoms with Gasteiger partial charge in [-0.1, -0.05) is 30.3 Å². The Morgan fingerprint density at radius 1 is 1.19 bits per heavy atom. The van der Waals surface area contributed by atoms with Crippen molar-refractivity contribution in [3.63, 3.8) is 0 Å². The first kappa shape index (κ1) is 25.0. The molecule has 1 aromatic rings.